The molecule has 3 nitrogen and oxygen atoms in total. The monoisotopic (exact) mass is 131 g/mol. The van der Waals surface area contributed by atoms with E-state index in [0.29, 0.717) is 12.5 Å². The van der Waals surface area contributed by atoms with E-state index in [-0.39, 0.29) is 7.43 Å². The quantitative estimate of drug-likeness (QED) is 0.438. The maximum atomic E-state index is 5.26. The van der Waals surface area contributed by atoms with Crippen molar-refractivity contribution in [2.24, 2.45) is 10.7 Å². The van der Waals surface area contributed by atoms with Gasteiger partial charge < -0.3 is 5.73 Å². The minimum atomic E-state index is 0. The number of amidine groups is 1. The van der Waals surface area contributed by atoms with Gasteiger partial charge in [0, 0.05) is 0 Å². The van der Waals surface area contributed by atoms with Gasteiger partial charge in [-0.25, -0.2) is 0 Å². The first kappa shape index (κ1) is 11.3. The van der Waals surface area contributed by atoms with Gasteiger partial charge in [0.15, 0.2) is 0 Å². The number of nitrogens with two attached hydrogens (primary N) is 1. The van der Waals surface area contributed by atoms with Crippen molar-refractivity contribution in [3.8, 4) is 0 Å². The summed E-state index contributed by atoms with van der Waals surface area (Å²) in [5.74, 6) is 0.638. The standard InChI is InChI=1S/C5H13N3.CH4/c1-5(6)7-4-8(2)3;/h4H2,1-3H3,(H2,6,7);1H4. The van der Waals surface area contributed by atoms with E-state index in [1.807, 2.05) is 19.0 Å². The Balaban J connectivity index is 0. The highest BCUT2D eigenvalue weighted by Crippen LogP contribution is 1.73. The normalized spacial score (nSPS) is 11.3. The molecule has 2 N–H and O–H groups in total. The number of hydrogen-bond donors (Lipinski definition) is 1. The molecule has 0 radical (unpaired) electrons. The lowest BCUT2D eigenvalue weighted by Crippen LogP contribution is -2.15. The van der Waals surface area contributed by atoms with Crippen molar-refractivity contribution in [3.05, 3.63) is 0 Å². The van der Waals surface area contributed by atoms with Crippen LogP contribution in [0, 0.1) is 0 Å². The van der Waals surface area contributed by atoms with Crippen molar-refractivity contribution < 1.29 is 0 Å². The summed E-state index contributed by atoms with van der Waals surface area (Å²) in [7, 11) is 3.90. The summed E-state index contributed by atoms with van der Waals surface area (Å²) in [4.78, 5) is 5.90. The number of hydrogen-bond acceptors (Lipinski definition) is 2. The molecule has 0 rings (SSSR count). The zero-order valence-corrected chi connectivity index (χ0v) is 5.68. The summed E-state index contributed by atoms with van der Waals surface area (Å²) in [6.45, 7) is 2.46. The Morgan fingerprint density at radius 2 is 2.00 bits per heavy atom. The topological polar surface area (TPSA) is 41.6 Å². The molecule has 0 atom stereocenters. The third-order valence-electron chi connectivity index (χ3n) is 0.603. The maximum absolute atomic E-state index is 5.26. The number of rotatable bonds is 2. The van der Waals surface area contributed by atoms with Crippen molar-refractivity contribution in [2.45, 2.75) is 14.4 Å². The highest BCUT2D eigenvalue weighted by atomic mass is 15.1. The van der Waals surface area contributed by atoms with Gasteiger partial charge in [-0.05, 0) is 21.0 Å². The van der Waals surface area contributed by atoms with E-state index >= 15 is 0 Å². The van der Waals surface area contributed by atoms with Gasteiger partial charge >= 0.3 is 0 Å². The van der Waals surface area contributed by atoms with E-state index in [9.17, 15) is 0 Å². The summed E-state index contributed by atoms with van der Waals surface area (Å²) < 4.78 is 0. The van der Waals surface area contributed by atoms with Crippen LogP contribution >= 0.6 is 0 Å². The first-order chi connectivity index (χ1) is 3.63. The van der Waals surface area contributed by atoms with Crippen LogP contribution in [0.15, 0.2) is 4.99 Å². The highest BCUT2D eigenvalue weighted by Gasteiger charge is 1.82. The van der Waals surface area contributed by atoms with Gasteiger partial charge in [0.2, 0.25) is 0 Å². The van der Waals surface area contributed by atoms with E-state index in [4.69, 9.17) is 5.73 Å². The third kappa shape index (κ3) is 11.2. The van der Waals surface area contributed by atoms with Crippen LogP contribution in [0.3, 0.4) is 0 Å². The van der Waals surface area contributed by atoms with Crippen LogP contribution in [-0.2, 0) is 0 Å². The average Bonchev–Trinajstić information content (AvgIpc) is 1.61. The van der Waals surface area contributed by atoms with Gasteiger partial charge in [-0.15, -0.1) is 0 Å². The summed E-state index contributed by atoms with van der Waals surface area (Å²) in [6.07, 6.45) is 0. The van der Waals surface area contributed by atoms with Gasteiger partial charge in [0.05, 0.1) is 12.5 Å². The lowest BCUT2D eigenvalue weighted by atomic mass is 10.7. The van der Waals surface area contributed by atoms with Crippen molar-refractivity contribution >= 4 is 5.84 Å². The Morgan fingerprint density at radius 3 is 2.11 bits per heavy atom. The molecule has 0 aromatic carbocycles. The largest absolute Gasteiger partial charge is 0.388 e. The molecule has 0 amide bonds. The second-order valence-corrected chi connectivity index (χ2v) is 2.02. The van der Waals surface area contributed by atoms with Crippen LogP contribution in [-0.4, -0.2) is 31.5 Å². The molecule has 3 heteroatoms. The fraction of sp³-hybridized carbons (Fsp3) is 0.833. The van der Waals surface area contributed by atoms with Gasteiger partial charge in [-0.1, -0.05) is 7.43 Å². The Kier molecular flexibility index (Phi) is 6.96. The first-order valence-electron chi connectivity index (χ1n) is 2.54. The predicted octanol–water partition coefficient (Wildman–Crippen LogP) is 0.519. The Morgan fingerprint density at radius 1 is 1.56 bits per heavy atom. The van der Waals surface area contributed by atoms with Crippen LogP contribution in [0.25, 0.3) is 0 Å². The minimum Gasteiger partial charge on any atom is -0.388 e. The number of nitrogens with zero attached hydrogens (tertiary/aromatic N) is 2. The fourth-order valence-electron chi connectivity index (χ4n) is 0.253. The van der Waals surface area contributed by atoms with E-state index in [1.165, 1.54) is 0 Å². The van der Waals surface area contributed by atoms with Crippen molar-refractivity contribution in [3.63, 3.8) is 0 Å². The summed E-state index contributed by atoms with van der Waals surface area (Å²) in [6, 6.07) is 0. The maximum Gasteiger partial charge on any atom is 0.0924 e. The molecule has 0 aliphatic rings. The van der Waals surface area contributed by atoms with Gasteiger partial charge in [0.25, 0.3) is 0 Å². The average molecular weight is 131 g/mol. The third-order valence-corrected chi connectivity index (χ3v) is 0.603. The molecule has 0 saturated heterocycles. The van der Waals surface area contributed by atoms with E-state index < -0.39 is 0 Å². The molecule has 0 aromatic rings. The molecule has 0 heterocycles. The van der Waals surface area contributed by atoms with Crippen LogP contribution in [0.1, 0.15) is 14.4 Å². The molecule has 0 aliphatic carbocycles. The second-order valence-electron chi connectivity index (χ2n) is 2.02. The van der Waals surface area contributed by atoms with Crippen LogP contribution in [0.5, 0.6) is 0 Å². The highest BCUT2D eigenvalue weighted by molar-refractivity contribution is 5.77. The molecule has 56 valence electrons. The van der Waals surface area contributed by atoms with E-state index in [0.717, 1.165) is 0 Å². The SMILES string of the molecule is C.CC(N)=NCN(C)C. The fourth-order valence-corrected chi connectivity index (χ4v) is 0.253. The molecular formula is C6H17N3. The molecule has 0 bridgehead atoms. The summed E-state index contributed by atoms with van der Waals surface area (Å²) >= 11 is 0. The zero-order chi connectivity index (χ0) is 6.57. The first-order valence-corrected chi connectivity index (χ1v) is 2.54. The molecule has 0 saturated carbocycles. The molecule has 9 heavy (non-hydrogen) atoms. The molecular weight excluding hydrogens is 114 g/mol. The van der Waals surface area contributed by atoms with E-state index in [2.05, 4.69) is 4.99 Å². The van der Waals surface area contributed by atoms with Gasteiger partial charge in [0.1, 0.15) is 0 Å². The Hall–Kier alpha value is -0.570. The van der Waals surface area contributed by atoms with Gasteiger partial charge in [-0.2, -0.15) is 0 Å². The van der Waals surface area contributed by atoms with Gasteiger partial charge in [-0.3, -0.25) is 9.89 Å². The van der Waals surface area contributed by atoms with Crippen molar-refractivity contribution in [1.82, 2.24) is 4.90 Å². The molecule has 0 aliphatic heterocycles. The lowest BCUT2D eigenvalue weighted by molar-refractivity contribution is 0.424. The van der Waals surface area contributed by atoms with Crippen LogP contribution in [0.2, 0.25) is 0 Å². The van der Waals surface area contributed by atoms with Crippen molar-refractivity contribution in [2.75, 3.05) is 20.8 Å². The Labute approximate surface area is 57.6 Å². The van der Waals surface area contributed by atoms with Crippen molar-refractivity contribution in [1.29, 1.82) is 0 Å². The van der Waals surface area contributed by atoms with E-state index in [1.54, 1.807) is 6.92 Å². The minimum absolute atomic E-state index is 0. The smallest absolute Gasteiger partial charge is 0.0924 e. The zero-order valence-electron chi connectivity index (χ0n) is 5.68. The van der Waals surface area contributed by atoms with Crippen LogP contribution < -0.4 is 5.73 Å². The predicted molar refractivity (Wildman–Crippen MR) is 42.6 cm³/mol. The molecule has 0 unspecified atom stereocenters. The summed E-state index contributed by atoms with van der Waals surface area (Å²) in [5, 5.41) is 0. The summed E-state index contributed by atoms with van der Waals surface area (Å²) in [5.41, 5.74) is 5.26. The molecule has 0 spiro atoms. The Bertz CT molecular complexity index is 82.3. The molecule has 0 fully saturated rings. The van der Waals surface area contributed by atoms with Crippen LogP contribution in [0.4, 0.5) is 0 Å². The lowest BCUT2D eigenvalue weighted by Gasteiger charge is -2.03. The molecule has 0 aromatic heterocycles. The number of aliphatic imine (C=N–C) groups is 1. The second kappa shape index (κ2) is 5.56.